The maximum absolute atomic E-state index is 13.7. The van der Waals surface area contributed by atoms with Crippen LogP contribution in [0.15, 0.2) is 90.1 Å². The van der Waals surface area contributed by atoms with Crippen LogP contribution in [0.1, 0.15) is 26.5 Å². The van der Waals surface area contributed by atoms with Gasteiger partial charge in [0, 0.05) is 30.1 Å². The number of rotatable bonds is 7. The fourth-order valence-corrected chi connectivity index (χ4v) is 5.79. The average Bonchev–Trinajstić information content (AvgIpc) is 2.98. The highest BCUT2D eigenvalue weighted by atomic mass is 32.2. The monoisotopic (exact) mass is 573 g/mol. The van der Waals surface area contributed by atoms with E-state index in [0.29, 0.717) is 54.1 Å². The lowest BCUT2D eigenvalue weighted by Crippen LogP contribution is -2.44. The second kappa shape index (κ2) is 11.6. The number of para-hydroxylation sites is 1. The lowest BCUT2D eigenvalue weighted by Gasteiger charge is -2.35. The van der Waals surface area contributed by atoms with Gasteiger partial charge in [-0.25, -0.2) is 28.2 Å². The zero-order valence-electron chi connectivity index (χ0n) is 23.0. The first-order valence-corrected chi connectivity index (χ1v) is 14.7. The van der Waals surface area contributed by atoms with Crippen molar-refractivity contribution in [3.63, 3.8) is 0 Å². The molecule has 0 radical (unpaired) electrons. The fraction of sp³-hybridized carbons (Fsp3) is 0.267. The number of anilines is 2. The molecule has 212 valence electrons. The minimum atomic E-state index is -3.90. The molecular weight excluding hydrogens is 542 g/mol. The minimum Gasteiger partial charge on any atom is -0.410 e. The standard InChI is InChI=1S/C30H31N5O5S/c1-21-20-39-18-17-35(21)26-19-25(30(2,3)41(37,38)27-11-7-8-16-31-27)33-28(34-26)22-12-14-23(15-13-22)32-29(36)40-24-9-5-4-6-10-24/h4-16,19,21H,17-18,20H2,1-3H3,(H,32,36). The van der Waals surface area contributed by atoms with E-state index in [4.69, 9.17) is 19.4 Å². The zero-order valence-corrected chi connectivity index (χ0v) is 23.8. The molecule has 1 atom stereocenters. The number of hydrogen-bond acceptors (Lipinski definition) is 9. The molecule has 1 fully saturated rings. The van der Waals surface area contributed by atoms with Gasteiger partial charge in [0.05, 0.1) is 24.9 Å². The molecule has 1 aliphatic rings. The number of ether oxygens (including phenoxy) is 2. The quantitative estimate of drug-likeness (QED) is 0.322. The Morgan fingerprint density at radius 3 is 2.44 bits per heavy atom. The number of benzene rings is 2. The number of amides is 1. The van der Waals surface area contributed by atoms with Crippen molar-refractivity contribution in [2.45, 2.75) is 36.6 Å². The first-order chi connectivity index (χ1) is 19.6. The smallest absolute Gasteiger partial charge is 0.410 e. The Morgan fingerprint density at radius 2 is 1.76 bits per heavy atom. The summed E-state index contributed by atoms with van der Waals surface area (Å²) in [5.74, 6) is 1.40. The summed E-state index contributed by atoms with van der Waals surface area (Å²) in [6, 6.07) is 22.3. The molecule has 0 aliphatic carbocycles. The van der Waals surface area contributed by atoms with Crippen LogP contribution in [0, 0.1) is 0 Å². The maximum Gasteiger partial charge on any atom is 0.417 e. The predicted octanol–water partition coefficient (Wildman–Crippen LogP) is 5.08. The summed E-state index contributed by atoms with van der Waals surface area (Å²) in [4.78, 5) is 28.1. The highest BCUT2D eigenvalue weighted by molar-refractivity contribution is 7.92. The number of nitrogens with zero attached hydrogens (tertiary/aromatic N) is 4. The third-order valence-corrected chi connectivity index (χ3v) is 9.26. The molecule has 1 N–H and O–H groups in total. The molecule has 1 aliphatic heterocycles. The third kappa shape index (κ3) is 6.06. The molecule has 3 heterocycles. The Morgan fingerprint density at radius 1 is 1.02 bits per heavy atom. The van der Waals surface area contributed by atoms with Gasteiger partial charge in [-0.05, 0) is 69.3 Å². The van der Waals surface area contributed by atoms with Crippen LogP contribution in [0.25, 0.3) is 11.4 Å². The summed E-state index contributed by atoms with van der Waals surface area (Å²) in [6.45, 7) is 6.96. The van der Waals surface area contributed by atoms with Gasteiger partial charge in [-0.1, -0.05) is 24.3 Å². The van der Waals surface area contributed by atoms with Gasteiger partial charge in [-0.15, -0.1) is 0 Å². The van der Waals surface area contributed by atoms with E-state index in [0.717, 1.165) is 0 Å². The second-order valence-electron chi connectivity index (χ2n) is 10.1. The summed E-state index contributed by atoms with van der Waals surface area (Å²) in [5, 5.41) is 2.68. The van der Waals surface area contributed by atoms with E-state index in [-0.39, 0.29) is 11.1 Å². The van der Waals surface area contributed by atoms with Crippen molar-refractivity contribution in [2.24, 2.45) is 0 Å². The SMILES string of the molecule is CC1COCCN1c1cc(C(C)(C)S(=O)(=O)c2ccccn2)nc(-c2ccc(NC(=O)Oc3ccccc3)cc2)n1. The van der Waals surface area contributed by atoms with Crippen molar-refractivity contribution >= 4 is 27.4 Å². The number of morpholine rings is 1. The fourth-order valence-electron chi connectivity index (χ4n) is 4.43. The Hall–Kier alpha value is -4.35. The van der Waals surface area contributed by atoms with Crippen molar-refractivity contribution in [3.8, 4) is 17.1 Å². The van der Waals surface area contributed by atoms with Gasteiger partial charge in [0.2, 0.25) is 9.84 Å². The summed E-state index contributed by atoms with van der Waals surface area (Å²) in [6.07, 6.45) is 0.840. The molecular formula is C30H31N5O5S. The van der Waals surface area contributed by atoms with Gasteiger partial charge >= 0.3 is 6.09 Å². The van der Waals surface area contributed by atoms with Gasteiger partial charge in [-0.2, -0.15) is 0 Å². The Bertz CT molecular complexity index is 1610. The van der Waals surface area contributed by atoms with Crippen molar-refractivity contribution in [1.82, 2.24) is 15.0 Å². The highest BCUT2D eigenvalue weighted by Crippen LogP contribution is 2.36. The Balaban J connectivity index is 1.49. The molecule has 5 rings (SSSR count). The largest absolute Gasteiger partial charge is 0.417 e. The van der Waals surface area contributed by atoms with Crippen LogP contribution in [-0.2, 0) is 19.3 Å². The molecule has 2 aromatic carbocycles. The number of pyridine rings is 1. The molecule has 0 saturated carbocycles. The van der Waals surface area contributed by atoms with Crippen LogP contribution < -0.4 is 15.0 Å². The second-order valence-corrected chi connectivity index (χ2v) is 12.6. The van der Waals surface area contributed by atoms with Gasteiger partial charge in [0.1, 0.15) is 16.3 Å². The topological polar surface area (TPSA) is 124 Å². The van der Waals surface area contributed by atoms with Crippen molar-refractivity contribution in [3.05, 3.63) is 90.8 Å². The number of carbonyl (C=O) groups is 1. The Labute approximate surface area is 239 Å². The average molecular weight is 574 g/mol. The number of carbonyl (C=O) groups excluding carboxylic acids is 1. The molecule has 1 saturated heterocycles. The molecule has 11 heteroatoms. The molecule has 2 aromatic heterocycles. The summed E-state index contributed by atoms with van der Waals surface area (Å²) < 4.78 is 36.9. The van der Waals surface area contributed by atoms with E-state index in [1.165, 1.54) is 12.3 Å². The van der Waals surface area contributed by atoms with E-state index >= 15 is 0 Å². The minimum absolute atomic E-state index is 0.0238. The normalized spacial score (nSPS) is 15.8. The molecule has 1 unspecified atom stereocenters. The Kier molecular flexibility index (Phi) is 8.00. The van der Waals surface area contributed by atoms with Gasteiger partial charge in [0.15, 0.2) is 10.9 Å². The summed E-state index contributed by atoms with van der Waals surface area (Å²) in [5.41, 5.74) is 1.52. The van der Waals surface area contributed by atoms with Crippen LogP contribution >= 0.6 is 0 Å². The third-order valence-electron chi connectivity index (χ3n) is 6.92. The van der Waals surface area contributed by atoms with Crippen LogP contribution in [0.4, 0.5) is 16.3 Å². The van der Waals surface area contributed by atoms with Gasteiger partial charge in [0.25, 0.3) is 0 Å². The number of sulfone groups is 1. The summed E-state index contributed by atoms with van der Waals surface area (Å²) in [7, 11) is -3.90. The van der Waals surface area contributed by atoms with E-state index in [2.05, 4.69) is 15.2 Å². The van der Waals surface area contributed by atoms with E-state index < -0.39 is 20.7 Å². The molecule has 1 amide bonds. The first kappa shape index (κ1) is 28.2. The van der Waals surface area contributed by atoms with Crippen molar-refractivity contribution < 1.29 is 22.7 Å². The van der Waals surface area contributed by atoms with E-state index in [1.807, 2.05) is 13.0 Å². The zero-order chi connectivity index (χ0) is 29.0. The van der Waals surface area contributed by atoms with Crippen LogP contribution in [0.2, 0.25) is 0 Å². The summed E-state index contributed by atoms with van der Waals surface area (Å²) >= 11 is 0. The molecule has 4 aromatic rings. The molecule has 0 bridgehead atoms. The van der Waals surface area contributed by atoms with Crippen LogP contribution in [0.5, 0.6) is 5.75 Å². The number of nitrogens with one attached hydrogen (secondary N) is 1. The maximum atomic E-state index is 13.7. The predicted molar refractivity (Wildman–Crippen MR) is 156 cm³/mol. The van der Waals surface area contributed by atoms with E-state index in [1.54, 1.807) is 80.6 Å². The number of hydrogen-bond donors (Lipinski definition) is 1. The van der Waals surface area contributed by atoms with Crippen LogP contribution in [0.3, 0.4) is 0 Å². The molecule has 41 heavy (non-hydrogen) atoms. The van der Waals surface area contributed by atoms with Crippen molar-refractivity contribution in [1.29, 1.82) is 0 Å². The highest BCUT2D eigenvalue weighted by Gasteiger charge is 2.41. The molecule has 10 nitrogen and oxygen atoms in total. The van der Waals surface area contributed by atoms with Gasteiger partial charge in [-0.3, -0.25) is 5.32 Å². The molecule has 0 spiro atoms. The van der Waals surface area contributed by atoms with E-state index in [9.17, 15) is 13.2 Å². The number of aromatic nitrogens is 3. The lowest BCUT2D eigenvalue weighted by atomic mass is 10.1. The van der Waals surface area contributed by atoms with Crippen molar-refractivity contribution in [2.75, 3.05) is 30.0 Å². The first-order valence-electron chi connectivity index (χ1n) is 13.2. The lowest BCUT2D eigenvalue weighted by molar-refractivity contribution is 0.0985. The van der Waals surface area contributed by atoms with Crippen LogP contribution in [-0.4, -0.2) is 55.3 Å². The van der Waals surface area contributed by atoms with Gasteiger partial charge < -0.3 is 14.4 Å².